The molecule has 1 rings (SSSR count). The van der Waals surface area contributed by atoms with Crippen molar-refractivity contribution in [3.8, 4) is 0 Å². The number of hydrogen-bond acceptors (Lipinski definition) is 2. The van der Waals surface area contributed by atoms with E-state index in [0.717, 1.165) is 13.1 Å². The summed E-state index contributed by atoms with van der Waals surface area (Å²) in [7, 11) is 0. The lowest BCUT2D eigenvalue weighted by Gasteiger charge is -2.23. The summed E-state index contributed by atoms with van der Waals surface area (Å²) in [6, 6.07) is 0. The van der Waals surface area contributed by atoms with Crippen molar-refractivity contribution in [2.24, 2.45) is 0 Å². The summed E-state index contributed by atoms with van der Waals surface area (Å²) in [4.78, 5) is 0. The second-order valence-electron chi connectivity index (χ2n) is 2.70. The summed E-state index contributed by atoms with van der Waals surface area (Å²) in [5, 5.41) is 6.74. The summed E-state index contributed by atoms with van der Waals surface area (Å²) >= 11 is 0. The van der Waals surface area contributed by atoms with Crippen molar-refractivity contribution in [3.05, 3.63) is 12.7 Å². The molecule has 1 aliphatic rings. The Bertz CT molecular complexity index is 95.4. The van der Waals surface area contributed by atoms with Crippen LogP contribution in [0.2, 0.25) is 0 Å². The van der Waals surface area contributed by atoms with Crippen molar-refractivity contribution in [3.63, 3.8) is 0 Å². The van der Waals surface area contributed by atoms with Gasteiger partial charge < -0.3 is 5.32 Å². The smallest absolute Gasteiger partial charge is 0.0574 e. The minimum Gasteiger partial charge on any atom is -0.302 e. The summed E-state index contributed by atoms with van der Waals surface area (Å²) in [5.74, 6) is 0. The highest BCUT2D eigenvalue weighted by Gasteiger charge is 2.09. The fourth-order valence-electron chi connectivity index (χ4n) is 1.25. The molecule has 2 N–H and O–H groups in total. The Morgan fingerprint density at radius 3 is 3.10 bits per heavy atom. The molecule has 0 aromatic rings. The molecular formula is C8H16N2. The van der Waals surface area contributed by atoms with Crippen LogP contribution < -0.4 is 10.6 Å². The first-order valence-corrected chi connectivity index (χ1v) is 4.01. The Kier molecular flexibility index (Phi) is 3.47. The van der Waals surface area contributed by atoms with Crippen LogP contribution in [0.5, 0.6) is 0 Å². The Balaban J connectivity index is 2.07. The molecule has 0 saturated carbocycles. The normalized spacial score (nSPS) is 26.2. The first-order chi connectivity index (χ1) is 4.93. The number of rotatable bonds is 3. The summed E-state index contributed by atoms with van der Waals surface area (Å²) in [5.41, 5.74) is 0. The summed E-state index contributed by atoms with van der Waals surface area (Å²) < 4.78 is 0. The quantitative estimate of drug-likeness (QED) is 0.568. The monoisotopic (exact) mass is 140 g/mol. The Morgan fingerprint density at radius 1 is 1.60 bits per heavy atom. The van der Waals surface area contributed by atoms with Crippen LogP contribution in [-0.4, -0.2) is 19.3 Å². The molecule has 58 valence electrons. The average molecular weight is 140 g/mol. The van der Waals surface area contributed by atoms with Gasteiger partial charge in [-0.15, -0.1) is 6.58 Å². The first kappa shape index (κ1) is 7.76. The maximum absolute atomic E-state index is 3.65. The van der Waals surface area contributed by atoms with Gasteiger partial charge in [0.25, 0.3) is 0 Å². The van der Waals surface area contributed by atoms with Crippen LogP contribution in [0.1, 0.15) is 19.3 Å². The van der Waals surface area contributed by atoms with E-state index < -0.39 is 0 Å². The van der Waals surface area contributed by atoms with Gasteiger partial charge in [-0.2, -0.15) is 0 Å². The van der Waals surface area contributed by atoms with Gasteiger partial charge in [-0.1, -0.05) is 6.08 Å². The maximum atomic E-state index is 3.65. The van der Waals surface area contributed by atoms with Crippen molar-refractivity contribution < 1.29 is 0 Å². The van der Waals surface area contributed by atoms with Crippen LogP contribution in [0.4, 0.5) is 0 Å². The Morgan fingerprint density at radius 2 is 2.50 bits per heavy atom. The topological polar surface area (TPSA) is 24.1 Å². The minimum atomic E-state index is 0.534. The van der Waals surface area contributed by atoms with Gasteiger partial charge in [-0.25, -0.2) is 0 Å². The van der Waals surface area contributed by atoms with E-state index in [1.165, 1.54) is 19.3 Å². The molecule has 1 fully saturated rings. The van der Waals surface area contributed by atoms with Gasteiger partial charge in [0.05, 0.1) is 6.17 Å². The van der Waals surface area contributed by atoms with Crippen molar-refractivity contribution >= 4 is 0 Å². The van der Waals surface area contributed by atoms with Gasteiger partial charge in [0.15, 0.2) is 0 Å². The van der Waals surface area contributed by atoms with Gasteiger partial charge >= 0.3 is 0 Å². The summed E-state index contributed by atoms with van der Waals surface area (Å²) in [6.07, 6.45) is 6.37. The molecule has 1 unspecified atom stereocenters. The average Bonchev–Trinajstić information content (AvgIpc) is 2.03. The standard InChI is InChI=1S/C8H16N2/c1-2-6-9-8-5-3-4-7-10-8/h2,8-10H,1,3-7H2. The Labute approximate surface area is 62.7 Å². The van der Waals surface area contributed by atoms with Crippen LogP contribution in [0.15, 0.2) is 12.7 Å². The number of piperidine rings is 1. The van der Waals surface area contributed by atoms with E-state index in [1.54, 1.807) is 0 Å². The molecule has 0 amide bonds. The van der Waals surface area contributed by atoms with Crippen LogP contribution in [0, 0.1) is 0 Å². The van der Waals surface area contributed by atoms with E-state index in [-0.39, 0.29) is 0 Å². The second-order valence-corrected chi connectivity index (χ2v) is 2.70. The minimum absolute atomic E-state index is 0.534. The molecule has 10 heavy (non-hydrogen) atoms. The van der Waals surface area contributed by atoms with Gasteiger partial charge in [0, 0.05) is 6.54 Å². The fraction of sp³-hybridized carbons (Fsp3) is 0.750. The molecule has 1 saturated heterocycles. The van der Waals surface area contributed by atoms with E-state index in [9.17, 15) is 0 Å². The van der Waals surface area contributed by atoms with Gasteiger partial charge in [-0.05, 0) is 25.8 Å². The van der Waals surface area contributed by atoms with Crippen LogP contribution in [0.25, 0.3) is 0 Å². The third-order valence-electron chi connectivity index (χ3n) is 1.82. The zero-order chi connectivity index (χ0) is 7.23. The van der Waals surface area contributed by atoms with Gasteiger partial charge in [0.2, 0.25) is 0 Å². The molecule has 0 aromatic heterocycles. The molecule has 0 aliphatic carbocycles. The van der Waals surface area contributed by atoms with Crippen molar-refractivity contribution in [1.82, 2.24) is 10.6 Å². The van der Waals surface area contributed by atoms with E-state index in [0.29, 0.717) is 6.17 Å². The van der Waals surface area contributed by atoms with E-state index >= 15 is 0 Å². The third kappa shape index (κ3) is 2.50. The van der Waals surface area contributed by atoms with Crippen LogP contribution >= 0.6 is 0 Å². The predicted octanol–water partition coefficient (Wildman–Crippen LogP) is 0.862. The lowest BCUT2D eigenvalue weighted by Crippen LogP contribution is -2.45. The lowest BCUT2D eigenvalue weighted by atomic mass is 10.1. The molecule has 1 aliphatic heterocycles. The van der Waals surface area contributed by atoms with Crippen LogP contribution in [0.3, 0.4) is 0 Å². The zero-order valence-corrected chi connectivity index (χ0v) is 6.40. The molecule has 0 spiro atoms. The molecule has 1 atom stereocenters. The highest BCUT2D eigenvalue weighted by Crippen LogP contribution is 2.03. The van der Waals surface area contributed by atoms with Crippen molar-refractivity contribution in [2.45, 2.75) is 25.4 Å². The SMILES string of the molecule is C=CCNC1CCCCN1. The van der Waals surface area contributed by atoms with E-state index in [1.807, 2.05) is 6.08 Å². The highest BCUT2D eigenvalue weighted by atomic mass is 15.1. The van der Waals surface area contributed by atoms with E-state index in [2.05, 4.69) is 17.2 Å². The second kappa shape index (κ2) is 4.47. The van der Waals surface area contributed by atoms with Crippen molar-refractivity contribution in [1.29, 1.82) is 0 Å². The van der Waals surface area contributed by atoms with Crippen molar-refractivity contribution in [2.75, 3.05) is 13.1 Å². The lowest BCUT2D eigenvalue weighted by molar-refractivity contribution is 0.354. The largest absolute Gasteiger partial charge is 0.302 e. The fourth-order valence-corrected chi connectivity index (χ4v) is 1.25. The molecule has 2 nitrogen and oxygen atoms in total. The first-order valence-electron chi connectivity index (χ1n) is 4.01. The number of hydrogen-bond donors (Lipinski definition) is 2. The van der Waals surface area contributed by atoms with Crippen LogP contribution in [-0.2, 0) is 0 Å². The maximum Gasteiger partial charge on any atom is 0.0574 e. The predicted molar refractivity (Wildman–Crippen MR) is 43.8 cm³/mol. The Hall–Kier alpha value is -0.340. The summed E-state index contributed by atoms with van der Waals surface area (Å²) in [6.45, 7) is 5.73. The molecule has 0 bridgehead atoms. The number of nitrogens with one attached hydrogen (secondary N) is 2. The molecular weight excluding hydrogens is 124 g/mol. The molecule has 1 heterocycles. The molecule has 2 heteroatoms. The van der Waals surface area contributed by atoms with E-state index in [4.69, 9.17) is 0 Å². The zero-order valence-electron chi connectivity index (χ0n) is 6.40. The molecule has 0 aromatic carbocycles. The van der Waals surface area contributed by atoms with Gasteiger partial charge in [-0.3, -0.25) is 5.32 Å². The third-order valence-corrected chi connectivity index (χ3v) is 1.82. The molecule has 0 radical (unpaired) electrons. The highest BCUT2D eigenvalue weighted by molar-refractivity contribution is 4.76. The van der Waals surface area contributed by atoms with Gasteiger partial charge in [0.1, 0.15) is 0 Å².